The molecule has 2 aliphatic rings. The zero-order valence-electron chi connectivity index (χ0n) is 16.3. The highest BCUT2D eigenvalue weighted by Crippen LogP contribution is 2.38. The standard InChI is InChI=1S/C23H30N2O2/c1-26-19-11-12-22(27-2)18(13-19)15-24-21-14-17-9-6-10-20(17)25-23(21)16-7-4-3-5-8-16/h3-5,7-8,11-13,17,20-21,23-25H,6,9-10,14-15H2,1-2H3. The molecule has 1 saturated carbocycles. The molecule has 144 valence electrons. The van der Waals surface area contributed by atoms with Crippen LogP contribution in [-0.2, 0) is 6.54 Å². The van der Waals surface area contributed by atoms with Crippen LogP contribution in [0.15, 0.2) is 48.5 Å². The predicted molar refractivity (Wildman–Crippen MR) is 108 cm³/mol. The van der Waals surface area contributed by atoms with Gasteiger partial charge in [0.15, 0.2) is 0 Å². The molecule has 1 heterocycles. The summed E-state index contributed by atoms with van der Waals surface area (Å²) >= 11 is 0. The second kappa shape index (κ2) is 8.32. The molecule has 0 bridgehead atoms. The second-order valence-electron chi connectivity index (χ2n) is 7.75. The molecule has 2 fully saturated rings. The summed E-state index contributed by atoms with van der Waals surface area (Å²) in [6, 6.07) is 18.3. The van der Waals surface area contributed by atoms with E-state index < -0.39 is 0 Å². The molecule has 0 spiro atoms. The van der Waals surface area contributed by atoms with E-state index in [9.17, 15) is 0 Å². The van der Waals surface area contributed by atoms with Crippen molar-refractivity contribution in [2.45, 2.75) is 50.4 Å². The Kier molecular flexibility index (Phi) is 5.65. The van der Waals surface area contributed by atoms with Gasteiger partial charge in [0.05, 0.1) is 14.2 Å². The number of piperidine rings is 1. The van der Waals surface area contributed by atoms with Gasteiger partial charge in [0.2, 0.25) is 0 Å². The lowest BCUT2D eigenvalue weighted by Crippen LogP contribution is -2.52. The molecular formula is C23H30N2O2. The van der Waals surface area contributed by atoms with Crippen molar-refractivity contribution >= 4 is 0 Å². The predicted octanol–water partition coefficient (Wildman–Crippen LogP) is 4.07. The molecule has 0 amide bonds. The van der Waals surface area contributed by atoms with Crippen LogP contribution >= 0.6 is 0 Å². The van der Waals surface area contributed by atoms with Gasteiger partial charge < -0.3 is 20.1 Å². The molecule has 0 aromatic heterocycles. The Morgan fingerprint density at radius 3 is 2.67 bits per heavy atom. The first kappa shape index (κ1) is 18.3. The Morgan fingerprint density at radius 1 is 1.04 bits per heavy atom. The van der Waals surface area contributed by atoms with E-state index in [1.165, 1.54) is 31.2 Å². The normalized spacial score (nSPS) is 27.2. The number of hydrogen-bond acceptors (Lipinski definition) is 4. The molecule has 2 aromatic carbocycles. The first-order chi connectivity index (χ1) is 13.3. The topological polar surface area (TPSA) is 42.5 Å². The van der Waals surface area contributed by atoms with Crippen LogP contribution in [0.1, 0.15) is 42.9 Å². The Morgan fingerprint density at radius 2 is 1.89 bits per heavy atom. The summed E-state index contributed by atoms with van der Waals surface area (Å²) in [5.41, 5.74) is 2.51. The van der Waals surface area contributed by atoms with Crippen molar-refractivity contribution in [1.82, 2.24) is 10.6 Å². The Balaban J connectivity index is 1.53. The van der Waals surface area contributed by atoms with Gasteiger partial charge in [-0.25, -0.2) is 0 Å². The molecule has 4 nitrogen and oxygen atoms in total. The highest BCUT2D eigenvalue weighted by molar-refractivity contribution is 5.40. The minimum absolute atomic E-state index is 0.349. The molecule has 1 aliphatic carbocycles. The molecule has 4 rings (SSSR count). The van der Waals surface area contributed by atoms with Gasteiger partial charge in [-0.15, -0.1) is 0 Å². The zero-order chi connectivity index (χ0) is 18.6. The number of rotatable bonds is 6. The fourth-order valence-corrected chi connectivity index (χ4v) is 4.80. The molecule has 27 heavy (non-hydrogen) atoms. The van der Waals surface area contributed by atoms with Crippen LogP contribution in [0, 0.1) is 5.92 Å². The number of methoxy groups -OCH3 is 2. The van der Waals surface area contributed by atoms with E-state index in [0.29, 0.717) is 18.1 Å². The second-order valence-corrected chi connectivity index (χ2v) is 7.75. The van der Waals surface area contributed by atoms with Crippen molar-refractivity contribution < 1.29 is 9.47 Å². The number of benzene rings is 2. The largest absolute Gasteiger partial charge is 0.497 e. The highest BCUT2D eigenvalue weighted by Gasteiger charge is 2.39. The Labute approximate surface area is 162 Å². The Bertz CT molecular complexity index is 749. The molecule has 4 unspecified atom stereocenters. The van der Waals surface area contributed by atoms with Crippen molar-refractivity contribution in [3.8, 4) is 11.5 Å². The number of fused-ring (bicyclic) bond motifs is 1. The van der Waals surface area contributed by atoms with Crippen LogP contribution in [-0.4, -0.2) is 26.3 Å². The maximum absolute atomic E-state index is 5.55. The van der Waals surface area contributed by atoms with Gasteiger partial charge >= 0.3 is 0 Å². The summed E-state index contributed by atoms with van der Waals surface area (Å²) in [6.45, 7) is 0.771. The van der Waals surface area contributed by atoms with Crippen LogP contribution in [0.4, 0.5) is 0 Å². The smallest absolute Gasteiger partial charge is 0.123 e. The molecule has 1 aliphatic heterocycles. The van der Waals surface area contributed by atoms with Gasteiger partial charge in [-0.3, -0.25) is 0 Å². The summed E-state index contributed by atoms with van der Waals surface area (Å²) in [7, 11) is 3.43. The summed E-state index contributed by atoms with van der Waals surface area (Å²) in [5, 5.41) is 7.78. The van der Waals surface area contributed by atoms with Gasteiger partial charge in [0.1, 0.15) is 11.5 Å². The van der Waals surface area contributed by atoms with E-state index in [-0.39, 0.29) is 0 Å². The zero-order valence-corrected chi connectivity index (χ0v) is 16.3. The highest BCUT2D eigenvalue weighted by atomic mass is 16.5. The lowest BCUT2D eigenvalue weighted by molar-refractivity contribution is 0.201. The van der Waals surface area contributed by atoms with E-state index in [1.54, 1.807) is 14.2 Å². The van der Waals surface area contributed by atoms with E-state index in [4.69, 9.17) is 9.47 Å². The lowest BCUT2D eigenvalue weighted by atomic mass is 9.83. The van der Waals surface area contributed by atoms with E-state index in [2.05, 4.69) is 47.0 Å². The molecule has 2 N–H and O–H groups in total. The maximum Gasteiger partial charge on any atom is 0.123 e. The van der Waals surface area contributed by atoms with Gasteiger partial charge in [-0.1, -0.05) is 36.8 Å². The molecule has 2 aromatic rings. The number of hydrogen-bond donors (Lipinski definition) is 2. The SMILES string of the molecule is COc1ccc(OC)c(CNC2CC3CCCC3NC2c2ccccc2)c1. The molecule has 1 saturated heterocycles. The third kappa shape index (κ3) is 3.97. The van der Waals surface area contributed by atoms with E-state index in [1.807, 2.05) is 12.1 Å². The number of ether oxygens (including phenoxy) is 2. The van der Waals surface area contributed by atoms with E-state index in [0.717, 1.165) is 29.5 Å². The minimum Gasteiger partial charge on any atom is -0.497 e. The summed E-state index contributed by atoms with van der Waals surface area (Å²) in [6.07, 6.45) is 5.23. The van der Waals surface area contributed by atoms with Crippen molar-refractivity contribution in [2.24, 2.45) is 5.92 Å². The maximum atomic E-state index is 5.55. The minimum atomic E-state index is 0.349. The quantitative estimate of drug-likeness (QED) is 0.809. The summed E-state index contributed by atoms with van der Waals surface area (Å²) in [4.78, 5) is 0. The fraction of sp³-hybridized carbons (Fsp3) is 0.478. The Hall–Kier alpha value is -2.04. The molecule has 0 radical (unpaired) electrons. The summed E-state index contributed by atoms with van der Waals surface area (Å²) < 4.78 is 11.0. The van der Waals surface area contributed by atoms with Gasteiger partial charge in [-0.05, 0) is 48.9 Å². The monoisotopic (exact) mass is 366 g/mol. The first-order valence-electron chi connectivity index (χ1n) is 10.0. The lowest BCUT2D eigenvalue weighted by Gasteiger charge is -2.41. The van der Waals surface area contributed by atoms with Gasteiger partial charge in [0.25, 0.3) is 0 Å². The summed E-state index contributed by atoms with van der Waals surface area (Å²) in [5.74, 6) is 2.56. The van der Waals surface area contributed by atoms with Crippen molar-refractivity contribution in [2.75, 3.05) is 14.2 Å². The van der Waals surface area contributed by atoms with Crippen LogP contribution in [0.25, 0.3) is 0 Å². The average Bonchev–Trinajstić information content (AvgIpc) is 3.19. The molecule has 4 heteroatoms. The van der Waals surface area contributed by atoms with Crippen LogP contribution in [0.2, 0.25) is 0 Å². The van der Waals surface area contributed by atoms with Gasteiger partial charge in [0, 0.05) is 30.2 Å². The third-order valence-corrected chi connectivity index (χ3v) is 6.21. The first-order valence-corrected chi connectivity index (χ1v) is 10.0. The van der Waals surface area contributed by atoms with Crippen molar-refractivity contribution in [3.63, 3.8) is 0 Å². The van der Waals surface area contributed by atoms with E-state index >= 15 is 0 Å². The van der Waals surface area contributed by atoms with Crippen LogP contribution < -0.4 is 20.1 Å². The average molecular weight is 367 g/mol. The fourth-order valence-electron chi connectivity index (χ4n) is 4.80. The van der Waals surface area contributed by atoms with Crippen molar-refractivity contribution in [1.29, 1.82) is 0 Å². The van der Waals surface area contributed by atoms with Gasteiger partial charge in [-0.2, -0.15) is 0 Å². The molecular weight excluding hydrogens is 336 g/mol. The van der Waals surface area contributed by atoms with Crippen LogP contribution in [0.3, 0.4) is 0 Å². The van der Waals surface area contributed by atoms with Crippen LogP contribution in [0.5, 0.6) is 11.5 Å². The third-order valence-electron chi connectivity index (χ3n) is 6.21. The number of nitrogens with one attached hydrogen (secondary N) is 2. The van der Waals surface area contributed by atoms with Crippen molar-refractivity contribution in [3.05, 3.63) is 59.7 Å². The molecule has 4 atom stereocenters.